The minimum atomic E-state index is -3.53. The molecule has 0 aliphatic heterocycles. The van der Waals surface area contributed by atoms with Crippen molar-refractivity contribution in [2.75, 3.05) is 24.2 Å². The third-order valence-electron chi connectivity index (χ3n) is 6.44. The van der Waals surface area contributed by atoms with Gasteiger partial charge in [0.1, 0.15) is 11.8 Å². The van der Waals surface area contributed by atoms with E-state index in [4.69, 9.17) is 4.74 Å². The Kier molecular flexibility index (Phi) is 11.4. The Balaban J connectivity index is 2.24. The molecule has 0 heterocycles. The molecule has 0 spiro atoms. The summed E-state index contributed by atoms with van der Waals surface area (Å²) in [5.74, 6) is 0.330. The van der Waals surface area contributed by atoms with Crippen LogP contribution in [0.1, 0.15) is 57.6 Å². The van der Waals surface area contributed by atoms with E-state index in [-0.39, 0.29) is 37.4 Å². The van der Waals surface area contributed by atoms with Gasteiger partial charge in [-0.2, -0.15) is 0 Å². The van der Waals surface area contributed by atoms with Crippen molar-refractivity contribution in [3.8, 4) is 5.75 Å². The number of ether oxygens (including phenoxy) is 1. The van der Waals surface area contributed by atoms with Crippen molar-refractivity contribution in [2.45, 2.75) is 72.0 Å². The summed E-state index contributed by atoms with van der Waals surface area (Å²) in [6, 6.07) is 14.0. The number of para-hydroxylation sites is 1. The quantitative estimate of drug-likeness (QED) is 0.393. The molecule has 37 heavy (non-hydrogen) atoms. The standard InChI is InChI=1S/C28H41N3O5S/c1-7-22(4)29-28(33)25(8-2)30(20-23-15-17-24(36-5)18-16-23)27(32)14-11-19-31(37(6,34)35)26-13-10-9-12-21(26)3/h9-10,12-13,15-18,22,25H,7-8,11,14,19-20H2,1-6H3,(H,29,33). The number of amides is 2. The van der Waals surface area contributed by atoms with E-state index >= 15 is 0 Å². The molecule has 2 rings (SSSR count). The summed E-state index contributed by atoms with van der Waals surface area (Å²) in [6.07, 6.45) is 2.85. The summed E-state index contributed by atoms with van der Waals surface area (Å²) >= 11 is 0. The van der Waals surface area contributed by atoms with Gasteiger partial charge in [-0.1, -0.05) is 44.2 Å². The van der Waals surface area contributed by atoms with Crippen LogP contribution in [0.3, 0.4) is 0 Å². The number of hydrogen-bond donors (Lipinski definition) is 1. The Morgan fingerprint density at radius 2 is 1.68 bits per heavy atom. The lowest BCUT2D eigenvalue weighted by molar-refractivity contribution is -0.141. The second-order valence-electron chi connectivity index (χ2n) is 9.34. The van der Waals surface area contributed by atoms with Gasteiger partial charge < -0.3 is 15.0 Å². The molecule has 0 fully saturated rings. The lowest BCUT2D eigenvalue weighted by atomic mass is 10.1. The van der Waals surface area contributed by atoms with Crippen molar-refractivity contribution in [1.82, 2.24) is 10.2 Å². The number of anilines is 1. The summed E-state index contributed by atoms with van der Waals surface area (Å²) < 4.78 is 31.6. The summed E-state index contributed by atoms with van der Waals surface area (Å²) in [5, 5.41) is 3.00. The highest BCUT2D eigenvalue weighted by atomic mass is 32.2. The number of carbonyl (C=O) groups excluding carboxylic acids is 2. The molecule has 2 unspecified atom stereocenters. The van der Waals surface area contributed by atoms with Crippen LogP contribution in [0.2, 0.25) is 0 Å². The maximum absolute atomic E-state index is 13.5. The number of nitrogens with one attached hydrogen (secondary N) is 1. The molecule has 0 aromatic heterocycles. The van der Waals surface area contributed by atoms with Gasteiger partial charge >= 0.3 is 0 Å². The molecule has 0 saturated carbocycles. The second-order valence-corrected chi connectivity index (χ2v) is 11.2. The third kappa shape index (κ3) is 8.77. The molecule has 1 N–H and O–H groups in total. The van der Waals surface area contributed by atoms with Crippen LogP contribution >= 0.6 is 0 Å². The van der Waals surface area contributed by atoms with Crippen molar-refractivity contribution in [3.63, 3.8) is 0 Å². The number of hydrogen-bond acceptors (Lipinski definition) is 5. The Morgan fingerprint density at radius 3 is 2.22 bits per heavy atom. The number of nitrogens with zero attached hydrogens (tertiary/aromatic N) is 2. The number of carbonyl (C=O) groups is 2. The zero-order valence-corrected chi connectivity index (χ0v) is 23.7. The van der Waals surface area contributed by atoms with E-state index < -0.39 is 16.1 Å². The van der Waals surface area contributed by atoms with Gasteiger partial charge in [-0.3, -0.25) is 13.9 Å². The van der Waals surface area contributed by atoms with E-state index in [9.17, 15) is 18.0 Å². The maximum atomic E-state index is 13.5. The molecule has 0 aliphatic carbocycles. The van der Waals surface area contributed by atoms with Crippen LogP contribution in [0, 0.1) is 6.92 Å². The molecule has 2 aromatic rings. The summed E-state index contributed by atoms with van der Waals surface area (Å²) in [5.41, 5.74) is 2.32. The molecular formula is C28H41N3O5S. The largest absolute Gasteiger partial charge is 0.497 e. The smallest absolute Gasteiger partial charge is 0.243 e. The SMILES string of the molecule is CCC(C)NC(=O)C(CC)N(Cc1ccc(OC)cc1)C(=O)CCCN(c1ccccc1C)S(C)(=O)=O. The van der Waals surface area contributed by atoms with Gasteiger partial charge in [0.2, 0.25) is 21.8 Å². The molecule has 0 aliphatic rings. The second kappa shape index (κ2) is 14.0. The average molecular weight is 532 g/mol. The number of sulfonamides is 1. The molecule has 2 aromatic carbocycles. The van der Waals surface area contributed by atoms with E-state index in [1.807, 2.05) is 64.1 Å². The summed E-state index contributed by atoms with van der Waals surface area (Å²) in [6.45, 7) is 8.11. The first-order chi connectivity index (χ1) is 17.5. The van der Waals surface area contributed by atoms with Gasteiger partial charge in [0.05, 0.1) is 19.1 Å². The average Bonchev–Trinajstić information content (AvgIpc) is 2.86. The molecule has 2 amide bonds. The van der Waals surface area contributed by atoms with Gasteiger partial charge in [-0.15, -0.1) is 0 Å². The zero-order valence-electron chi connectivity index (χ0n) is 22.9. The van der Waals surface area contributed by atoms with Crippen molar-refractivity contribution < 1.29 is 22.7 Å². The number of methoxy groups -OCH3 is 1. The highest BCUT2D eigenvalue weighted by molar-refractivity contribution is 7.92. The molecule has 2 atom stereocenters. The third-order valence-corrected chi connectivity index (χ3v) is 7.62. The molecule has 0 bridgehead atoms. The zero-order chi connectivity index (χ0) is 27.6. The molecule has 0 saturated heterocycles. The molecule has 8 nitrogen and oxygen atoms in total. The van der Waals surface area contributed by atoms with E-state index in [2.05, 4.69) is 5.32 Å². The van der Waals surface area contributed by atoms with Crippen LogP contribution in [-0.4, -0.2) is 57.1 Å². The fourth-order valence-corrected chi connectivity index (χ4v) is 5.14. The van der Waals surface area contributed by atoms with Gasteiger partial charge in [0.25, 0.3) is 0 Å². The van der Waals surface area contributed by atoms with E-state index in [0.29, 0.717) is 24.3 Å². The number of benzene rings is 2. The van der Waals surface area contributed by atoms with Gasteiger partial charge in [0.15, 0.2) is 0 Å². The maximum Gasteiger partial charge on any atom is 0.243 e. The molecule has 0 radical (unpaired) electrons. The van der Waals surface area contributed by atoms with Crippen molar-refractivity contribution in [3.05, 3.63) is 59.7 Å². The van der Waals surface area contributed by atoms with E-state index in [0.717, 1.165) is 17.5 Å². The van der Waals surface area contributed by atoms with Crippen molar-refractivity contribution >= 4 is 27.5 Å². The number of aryl methyl sites for hydroxylation is 1. The van der Waals surface area contributed by atoms with Crippen LogP contribution in [0.25, 0.3) is 0 Å². The molecule has 204 valence electrons. The fraction of sp³-hybridized carbons (Fsp3) is 0.500. The Bertz CT molecular complexity index is 1130. The minimum absolute atomic E-state index is 0.00285. The molecule has 9 heteroatoms. The van der Waals surface area contributed by atoms with Gasteiger partial charge in [-0.05, 0) is 62.4 Å². The van der Waals surface area contributed by atoms with E-state index in [1.54, 1.807) is 24.1 Å². The lowest BCUT2D eigenvalue weighted by Gasteiger charge is -2.32. The van der Waals surface area contributed by atoms with Crippen LogP contribution in [0.4, 0.5) is 5.69 Å². The summed E-state index contributed by atoms with van der Waals surface area (Å²) in [4.78, 5) is 28.2. The summed E-state index contributed by atoms with van der Waals surface area (Å²) in [7, 11) is -1.94. The highest BCUT2D eigenvalue weighted by Crippen LogP contribution is 2.23. The monoisotopic (exact) mass is 531 g/mol. The van der Waals surface area contributed by atoms with Gasteiger partial charge in [0, 0.05) is 25.6 Å². The first-order valence-electron chi connectivity index (χ1n) is 12.8. The first kappa shape index (κ1) is 30.2. The molecular weight excluding hydrogens is 490 g/mol. The normalized spacial score (nSPS) is 12.9. The van der Waals surface area contributed by atoms with Crippen molar-refractivity contribution in [1.29, 1.82) is 0 Å². The van der Waals surface area contributed by atoms with Crippen molar-refractivity contribution in [2.24, 2.45) is 0 Å². The topological polar surface area (TPSA) is 96.0 Å². The van der Waals surface area contributed by atoms with Crippen LogP contribution in [0.15, 0.2) is 48.5 Å². The van der Waals surface area contributed by atoms with E-state index in [1.165, 1.54) is 10.6 Å². The fourth-order valence-electron chi connectivity index (χ4n) is 4.11. The predicted molar refractivity (Wildman–Crippen MR) is 148 cm³/mol. The van der Waals surface area contributed by atoms with Gasteiger partial charge in [-0.25, -0.2) is 8.42 Å². The first-order valence-corrected chi connectivity index (χ1v) is 14.6. The highest BCUT2D eigenvalue weighted by Gasteiger charge is 2.29. The minimum Gasteiger partial charge on any atom is -0.497 e. The Labute approximate surface area is 222 Å². The lowest BCUT2D eigenvalue weighted by Crippen LogP contribution is -2.50. The Morgan fingerprint density at radius 1 is 1.03 bits per heavy atom. The van der Waals surface area contributed by atoms with Crippen LogP contribution in [0.5, 0.6) is 5.75 Å². The van der Waals surface area contributed by atoms with Crippen LogP contribution in [-0.2, 0) is 26.2 Å². The van der Waals surface area contributed by atoms with Crippen LogP contribution < -0.4 is 14.4 Å². The number of rotatable bonds is 14. The predicted octanol–water partition coefficient (Wildman–Crippen LogP) is 4.27. The Hall–Kier alpha value is -3.07.